The predicted molar refractivity (Wildman–Crippen MR) is 112 cm³/mol. The highest BCUT2D eigenvalue weighted by Crippen LogP contribution is 2.47. The van der Waals surface area contributed by atoms with Crippen molar-refractivity contribution < 1.29 is 19.0 Å². The fraction of sp³-hybridized carbons (Fsp3) is 0.273. The van der Waals surface area contributed by atoms with E-state index in [2.05, 4.69) is 5.32 Å². The standard InChI is InChI=1S/C22H20ClN3O4/c1-12-20-16(14-7-17(28-2)21-18(8-14)29-11-30-21)9-19(27)24-22(20)26(25-12)10-13-3-5-15(23)6-4-13/h3-8,16H,9-11H2,1-2H3,(H,24,27). The van der Waals surface area contributed by atoms with Gasteiger partial charge in [0.05, 0.1) is 19.3 Å². The Hall–Kier alpha value is -3.19. The summed E-state index contributed by atoms with van der Waals surface area (Å²) in [5, 5.41) is 8.41. The van der Waals surface area contributed by atoms with Crippen LogP contribution in [0.15, 0.2) is 36.4 Å². The number of aryl methyl sites for hydroxylation is 1. The molecule has 1 amide bonds. The summed E-state index contributed by atoms with van der Waals surface area (Å²) in [6.45, 7) is 2.65. The average Bonchev–Trinajstić information content (AvgIpc) is 3.33. The molecule has 5 rings (SSSR count). The molecule has 0 radical (unpaired) electrons. The highest BCUT2D eigenvalue weighted by molar-refractivity contribution is 6.30. The molecule has 154 valence electrons. The van der Waals surface area contributed by atoms with E-state index < -0.39 is 0 Å². The molecule has 1 unspecified atom stereocenters. The molecule has 0 saturated heterocycles. The number of fused-ring (bicyclic) bond motifs is 2. The number of nitrogens with one attached hydrogen (secondary N) is 1. The van der Waals surface area contributed by atoms with Gasteiger partial charge in [-0.1, -0.05) is 23.7 Å². The first-order valence-corrected chi connectivity index (χ1v) is 10.0. The number of rotatable bonds is 4. The number of methoxy groups -OCH3 is 1. The Morgan fingerprint density at radius 1 is 1.27 bits per heavy atom. The Balaban J connectivity index is 1.57. The number of hydrogen-bond acceptors (Lipinski definition) is 5. The number of anilines is 1. The third-order valence-electron chi connectivity index (χ3n) is 5.50. The molecule has 2 aliphatic heterocycles. The van der Waals surface area contributed by atoms with Gasteiger partial charge in [-0.25, -0.2) is 4.68 Å². The second kappa shape index (κ2) is 7.25. The molecule has 3 heterocycles. The number of halogens is 1. The van der Waals surface area contributed by atoms with Crippen molar-refractivity contribution in [2.24, 2.45) is 0 Å². The molecule has 1 aromatic heterocycles. The summed E-state index contributed by atoms with van der Waals surface area (Å²) in [6.07, 6.45) is 0.323. The van der Waals surface area contributed by atoms with E-state index in [0.29, 0.717) is 35.2 Å². The van der Waals surface area contributed by atoms with Gasteiger partial charge in [-0.05, 0) is 42.3 Å². The van der Waals surface area contributed by atoms with E-state index in [1.807, 2.05) is 48.0 Å². The highest BCUT2D eigenvalue weighted by Gasteiger charge is 2.34. The van der Waals surface area contributed by atoms with Crippen molar-refractivity contribution in [3.05, 3.63) is 63.8 Å². The quantitative estimate of drug-likeness (QED) is 0.681. The van der Waals surface area contributed by atoms with E-state index in [1.165, 1.54) is 0 Å². The number of carbonyl (C=O) groups excluding carboxylic acids is 1. The molecule has 1 atom stereocenters. The smallest absolute Gasteiger partial charge is 0.231 e. The maximum absolute atomic E-state index is 12.6. The maximum atomic E-state index is 12.6. The lowest BCUT2D eigenvalue weighted by Crippen LogP contribution is -2.25. The number of amides is 1. The zero-order valence-electron chi connectivity index (χ0n) is 16.6. The van der Waals surface area contributed by atoms with Crippen molar-refractivity contribution in [3.8, 4) is 17.2 Å². The van der Waals surface area contributed by atoms with E-state index in [9.17, 15) is 4.79 Å². The Kier molecular flexibility index (Phi) is 4.55. The summed E-state index contributed by atoms with van der Waals surface area (Å²) in [7, 11) is 1.59. The van der Waals surface area contributed by atoms with Crippen LogP contribution in [0.5, 0.6) is 17.2 Å². The van der Waals surface area contributed by atoms with Crippen molar-refractivity contribution in [3.63, 3.8) is 0 Å². The van der Waals surface area contributed by atoms with E-state index in [0.717, 1.165) is 28.2 Å². The highest BCUT2D eigenvalue weighted by atomic mass is 35.5. The second-order valence-corrected chi connectivity index (χ2v) is 7.83. The Morgan fingerprint density at radius 3 is 2.83 bits per heavy atom. The van der Waals surface area contributed by atoms with Gasteiger partial charge in [0, 0.05) is 22.9 Å². The molecule has 2 aliphatic rings. The normalized spacial score (nSPS) is 16.9. The number of carbonyl (C=O) groups is 1. The number of benzene rings is 2. The molecule has 0 fully saturated rings. The Bertz CT molecular complexity index is 1140. The molecule has 3 aromatic rings. The van der Waals surface area contributed by atoms with Crippen molar-refractivity contribution in [1.29, 1.82) is 0 Å². The van der Waals surface area contributed by atoms with Crippen LogP contribution < -0.4 is 19.5 Å². The van der Waals surface area contributed by atoms with E-state index in [1.54, 1.807) is 7.11 Å². The van der Waals surface area contributed by atoms with Crippen molar-refractivity contribution in [1.82, 2.24) is 9.78 Å². The first-order valence-electron chi connectivity index (χ1n) is 9.62. The number of hydrogen-bond donors (Lipinski definition) is 1. The molecule has 1 N–H and O–H groups in total. The average molecular weight is 426 g/mol. The molecule has 0 bridgehead atoms. The maximum Gasteiger partial charge on any atom is 0.231 e. The molecule has 0 spiro atoms. The zero-order valence-corrected chi connectivity index (χ0v) is 17.3. The van der Waals surface area contributed by atoms with Gasteiger partial charge in [-0.15, -0.1) is 0 Å². The zero-order chi connectivity index (χ0) is 20.8. The largest absolute Gasteiger partial charge is 0.493 e. The number of aromatic nitrogens is 2. The van der Waals surface area contributed by atoms with Gasteiger partial charge < -0.3 is 19.5 Å². The summed E-state index contributed by atoms with van der Waals surface area (Å²) in [5.74, 6) is 2.33. The van der Waals surface area contributed by atoms with Crippen LogP contribution in [-0.2, 0) is 11.3 Å². The lowest BCUT2D eigenvalue weighted by molar-refractivity contribution is -0.116. The fourth-order valence-corrected chi connectivity index (χ4v) is 4.25. The number of ether oxygens (including phenoxy) is 3. The van der Waals surface area contributed by atoms with Crippen LogP contribution in [0.3, 0.4) is 0 Å². The summed E-state index contributed by atoms with van der Waals surface area (Å²) in [4.78, 5) is 12.6. The van der Waals surface area contributed by atoms with Gasteiger partial charge in [0.2, 0.25) is 18.4 Å². The van der Waals surface area contributed by atoms with E-state index in [4.69, 9.17) is 30.9 Å². The first kappa shape index (κ1) is 18.8. The minimum Gasteiger partial charge on any atom is -0.493 e. The van der Waals surface area contributed by atoms with Gasteiger partial charge in [-0.2, -0.15) is 5.10 Å². The molecule has 30 heavy (non-hydrogen) atoms. The van der Waals surface area contributed by atoms with Crippen LogP contribution in [0.4, 0.5) is 5.82 Å². The van der Waals surface area contributed by atoms with Crippen LogP contribution >= 0.6 is 11.6 Å². The van der Waals surface area contributed by atoms with Crippen LogP contribution in [0.25, 0.3) is 0 Å². The Labute approximate surface area is 178 Å². The second-order valence-electron chi connectivity index (χ2n) is 7.39. The van der Waals surface area contributed by atoms with Crippen molar-refractivity contribution >= 4 is 23.3 Å². The number of nitrogens with zero attached hydrogens (tertiary/aromatic N) is 2. The minimum atomic E-state index is -0.156. The fourth-order valence-electron chi connectivity index (χ4n) is 4.13. The van der Waals surface area contributed by atoms with E-state index >= 15 is 0 Å². The van der Waals surface area contributed by atoms with Crippen LogP contribution in [-0.4, -0.2) is 29.6 Å². The molecule has 7 nitrogen and oxygen atoms in total. The molecule has 8 heteroatoms. The van der Waals surface area contributed by atoms with Crippen LogP contribution in [0.2, 0.25) is 5.02 Å². The topological polar surface area (TPSA) is 74.6 Å². The van der Waals surface area contributed by atoms with Gasteiger partial charge in [0.15, 0.2) is 11.5 Å². The summed E-state index contributed by atoms with van der Waals surface area (Å²) < 4.78 is 18.4. The lowest BCUT2D eigenvalue weighted by atomic mass is 9.85. The molecule has 2 aromatic carbocycles. The molecular weight excluding hydrogens is 406 g/mol. The third kappa shape index (κ3) is 3.15. The Morgan fingerprint density at radius 2 is 2.07 bits per heavy atom. The van der Waals surface area contributed by atoms with Crippen molar-refractivity contribution in [2.75, 3.05) is 19.2 Å². The minimum absolute atomic E-state index is 0.0543. The molecule has 0 saturated carbocycles. The molecule has 0 aliphatic carbocycles. The van der Waals surface area contributed by atoms with Gasteiger partial charge in [-0.3, -0.25) is 4.79 Å². The van der Waals surface area contributed by atoms with Gasteiger partial charge in [0.1, 0.15) is 5.82 Å². The van der Waals surface area contributed by atoms with Gasteiger partial charge in [0.25, 0.3) is 0 Å². The lowest BCUT2D eigenvalue weighted by Gasteiger charge is -2.25. The third-order valence-corrected chi connectivity index (χ3v) is 5.75. The molecular formula is C22H20ClN3O4. The van der Waals surface area contributed by atoms with Crippen LogP contribution in [0, 0.1) is 6.92 Å². The first-order chi connectivity index (χ1) is 14.5. The van der Waals surface area contributed by atoms with E-state index in [-0.39, 0.29) is 18.6 Å². The van der Waals surface area contributed by atoms with Crippen molar-refractivity contribution in [2.45, 2.75) is 25.8 Å². The summed E-state index contributed by atoms with van der Waals surface area (Å²) in [6, 6.07) is 11.4. The van der Waals surface area contributed by atoms with Gasteiger partial charge >= 0.3 is 0 Å². The summed E-state index contributed by atoms with van der Waals surface area (Å²) in [5.41, 5.74) is 3.86. The predicted octanol–water partition coefficient (Wildman–Crippen LogP) is 4.10. The SMILES string of the molecule is COc1cc(C2CC(=O)Nc3c2c(C)nn3Cc2ccc(Cl)cc2)cc2c1OCO2. The van der Waals surface area contributed by atoms with Crippen LogP contribution in [0.1, 0.15) is 34.7 Å². The monoisotopic (exact) mass is 425 g/mol. The summed E-state index contributed by atoms with van der Waals surface area (Å²) >= 11 is 6.00.